The zero-order valence-electron chi connectivity index (χ0n) is 14.7. The number of ether oxygens (including phenoxy) is 1. The lowest BCUT2D eigenvalue weighted by Crippen LogP contribution is -2.28. The van der Waals surface area contributed by atoms with Crippen molar-refractivity contribution >= 4 is 40.2 Å². The van der Waals surface area contributed by atoms with E-state index in [4.69, 9.17) is 16.3 Å². The largest absolute Gasteiger partial charge is 0.382 e. The second kappa shape index (κ2) is 8.88. The van der Waals surface area contributed by atoms with Crippen molar-refractivity contribution in [3.05, 3.63) is 33.6 Å². The first-order valence-corrected chi connectivity index (χ1v) is 10.1. The average molecular weight is 396 g/mol. The van der Waals surface area contributed by atoms with Gasteiger partial charge in [0, 0.05) is 30.8 Å². The standard InChI is InChI=1S/C18H22ClN3O3S/c1-2-25-9-3-8-22-17(24)14-7-4-12(19)10-15(14)21-18(22)26-11-16(23)20-13-5-6-13/h4,7,10,13H,2-3,5-6,8-9,11H2,1H3,(H,20,23). The number of amides is 1. The molecular formula is C18H22ClN3O3S. The van der Waals surface area contributed by atoms with E-state index < -0.39 is 0 Å². The summed E-state index contributed by atoms with van der Waals surface area (Å²) in [7, 11) is 0. The van der Waals surface area contributed by atoms with Crippen molar-refractivity contribution in [1.29, 1.82) is 0 Å². The maximum Gasteiger partial charge on any atom is 0.262 e. The first kappa shape index (κ1) is 19.2. The van der Waals surface area contributed by atoms with Crippen LogP contribution in [0.1, 0.15) is 26.2 Å². The van der Waals surface area contributed by atoms with Crippen LogP contribution in [0, 0.1) is 0 Å². The lowest BCUT2D eigenvalue weighted by molar-refractivity contribution is -0.118. The van der Waals surface area contributed by atoms with Gasteiger partial charge < -0.3 is 10.1 Å². The summed E-state index contributed by atoms with van der Waals surface area (Å²) < 4.78 is 6.99. The Hall–Kier alpha value is -1.57. The summed E-state index contributed by atoms with van der Waals surface area (Å²) in [6.07, 6.45) is 2.80. The summed E-state index contributed by atoms with van der Waals surface area (Å²) in [6.45, 7) is 3.66. The van der Waals surface area contributed by atoms with Crippen LogP contribution in [0.5, 0.6) is 0 Å². The summed E-state index contributed by atoms with van der Waals surface area (Å²) in [5.41, 5.74) is 0.432. The fraction of sp³-hybridized carbons (Fsp3) is 0.500. The molecule has 1 amide bonds. The number of aromatic nitrogens is 2. The van der Waals surface area contributed by atoms with Gasteiger partial charge in [-0.1, -0.05) is 23.4 Å². The predicted molar refractivity (Wildman–Crippen MR) is 104 cm³/mol. The van der Waals surface area contributed by atoms with Gasteiger partial charge in [0.1, 0.15) is 0 Å². The molecule has 0 atom stereocenters. The molecule has 1 heterocycles. The van der Waals surface area contributed by atoms with Crippen LogP contribution >= 0.6 is 23.4 Å². The summed E-state index contributed by atoms with van der Waals surface area (Å²) in [5, 5.41) is 4.54. The molecule has 0 unspecified atom stereocenters. The number of thioether (sulfide) groups is 1. The molecule has 140 valence electrons. The molecular weight excluding hydrogens is 374 g/mol. The van der Waals surface area contributed by atoms with Gasteiger partial charge in [-0.2, -0.15) is 0 Å². The highest BCUT2D eigenvalue weighted by Gasteiger charge is 2.23. The molecule has 3 rings (SSSR count). The zero-order valence-corrected chi connectivity index (χ0v) is 16.2. The molecule has 1 N–H and O–H groups in total. The minimum atomic E-state index is -0.117. The first-order valence-electron chi connectivity index (χ1n) is 8.78. The van der Waals surface area contributed by atoms with Gasteiger partial charge in [0.25, 0.3) is 5.56 Å². The van der Waals surface area contributed by atoms with E-state index in [1.54, 1.807) is 22.8 Å². The minimum absolute atomic E-state index is 0.0289. The normalized spacial score (nSPS) is 13.9. The maximum atomic E-state index is 12.9. The number of nitrogens with one attached hydrogen (secondary N) is 1. The molecule has 1 aliphatic carbocycles. The number of carbonyl (C=O) groups excluding carboxylic acids is 1. The predicted octanol–water partition coefficient (Wildman–Crippen LogP) is 2.85. The van der Waals surface area contributed by atoms with E-state index in [2.05, 4.69) is 10.3 Å². The Labute approximate surface area is 161 Å². The Morgan fingerprint density at radius 1 is 1.46 bits per heavy atom. The molecule has 1 aromatic heterocycles. The third-order valence-corrected chi connectivity index (χ3v) is 5.24. The van der Waals surface area contributed by atoms with E-state index in [0.717, 1.165) is 12.8 Å². The number of benzene rings is 1. The van der Waals surface area contributed by atoms with Crippen LogP contribution in [0.3, 0.4) is 0 Å². The number of hydrogen-bond acceptors (Lipinski definition) is 5. The van der Waals surface area contributed by atoms with Crippen molar-refractivity contribution in [3.63, 3.8) is 0 Å². The summed E-state index contributed by atoms with van der Waals surface area (Å²) >= 11 is 7.32. The van der Waals surface area contributed by atoms with Gasteiger partial charge in [-0.25, -0.2) is 4.98 Å². The molecule has 0 radical (unpaired) electrons. The lowest BCUT2D eigenvalue weighted by Gasteiger charge is -2.13. The molecule has 2 aromatic rings. The smallest absolute Gasteiger partial charge is 0.262 e. The van der Waals surface area contributed by atoms with Crippen molar-refractivity contribution < 1.29 is 9.53 Å². The molecule has 0 bridgehead atoms. The number of fused-ring (bicyclic) bond motifs is 1. The van der Waals surface area contributed by atoms with Crippen molar-refractivity contribution in [2.24, 2.45) is 0 Å². The van der Waals surface area contributed by atoms with Gasteiger partial charge in [0.2, 0.25) is 5.91 Å². The van der Waals surface area contributed by atoms with Crippen LogP contribution in [-0.2, 0) is 16.1 Å². The fourth-order valence-corrected chi connectivity index (χ4v) is 3.58. The van der Waals surface area contributed by atoms with Gasteiger partial charge in [-0.15, -0.1) is 0 Å². The number of nitrogens with zero attached hydrogens (tertiary/aromatic N) is 2. The summed E-state index contributed by atoms with van der Waals surface area (Å²) in [5.74, 6) is 0.208. The highest BCUT2D eigenvalue weighted by atomic mass is 35.5. The molecule has 8 heteroatoms. The van der Waals surface area contributed by atoms with E-state index >= 15 is 0 Å². The van der Waals surface area contributed by atoms with Gasteiger partial charge in [0.15, 0.2) is 5.16 Å². The zero-order chi connectivity index (χ0) is 18.5. The Balaban J connectivity index is 1.83. The number of hydrogen-bond donors (Lipinski definition) is 1. The van der Waals surface area contributed by atoms with Crippen LogP contribution < -0.4 is 10.9 Å². The molecule has 1 aromatic carbocycles. The molecule has 6 nitrogen and oxygen atoms in total. The van der Waals surface area contributed by atoms with E-state index in [0.29, 0.717) is 53.3 Å². The van der Waals surface area contributed by atoms with E-state index in [-0.39, 0.29) is 17.2 Å². The van der Waals surface area contributed by atoms with Crippen LogP contribution in [0.2, 0.25) is 5.02 Å². The van der Waals surface area contributed by atoms with E-state index in [9.17, 15) is 9.59 Å². The highest BCUT2D eigenvalue weighted by molar-refractivity contribution is 7.99. The summed E-state index contributed by atoms with van der Waals surface area (Å²) in [4.78, 5) is 29.5. The summed E-state index contributed by atoms with van der Waals surface area (Å²) in [6, 6.07) is 5.38. The van der Waals surface area contributed by atoms with Crippen molar-refractivity contribution in [2.45, 2.75) is 43.9 Å². The van der Waals surface area contributed by atoms with Crippen LogP contribution in [0.4, 0.5) is 0 Å². The highest BCUT2D eigenvalue weighted by Crippen LogP contribution is 2.22. The number of carbonyl (C=O) groups is 1. The molecule has 0 aliphatic heterocycles. The average Bonchev–Trinajstić information content (AvgIpc) is 3.42. The van der Waals surface area contributed by atoms with E-state index in [1.807, 2.05) is 6.92 Å². The van der Waals surface area contributed by atoms with Gasteiger partial charge >= 0.3 is 0 Å². The second-order valence-electron chi connectivity index (χ2n) is 6.19. The van der Waals surface area contributed by atoms with Crippen LogP contribution in [-0.4, -0.2) is 40.5 Å². The molecule has 1 aliphatic rings. The number of rotatable bonds is 9. The Kier molecular flexibility index (Phi) is 6.56. The molecule has 1 saturated carbocycles. The van der Waals surface area contributed by atoms with Crippen molar-refractivity contribution in [3.8, 4) is 0 Å². The van der Waals surface area contributed by atoms with Crippen molar-refractivity contribution in [2.75, 3.05) is 19.0 Å². The molecule has 1 fully saturated rings. The van der Waals surface area contributed by atoms with Gasteiger partial charge in [-0.3, -0.25) is 14.2 Å². The molecule has 26 heavy (non-hydrogen) atoms. The lowest BCUT2D eigenvalue weighted by atomic mass is 10.2. The van der Waals surface area contributed by atoms with Gasteiger partial charge in [-0.05, 0) is 44.4 Å². The quantitative estimate of drug-likeness (QED) is 0.401. The van der Waals surface area contributed by atoms with E-state index in [1.165, 1.54) is 11.8 Å². The van der Waals surface area contributed by atoms with Gasteiger partial charge in [0.05, 0.1) is 16.7 Å². The second-order valence-corrected chi connectivity index (χ2v) is 7.57. The Morgan fingerprint density at radius 3 is 3.00 bits per heavy atom. The Bertz CT molecular complexity index is 851. The monoisotopic (exact) mass is 395 g/mol. The maximum absolute atomic E-state index is 12.9. The number of halogens is 1. The first-order chi connectivity index (χ1) is 12.6. The third-order valence-electron chi connectivity index (χ3n) is 4.03. The molecule has 0 saturated heterocycles. The van der Waals surface area contributed by atoms with Crippen molar-refractivity contribution in [1.82, 2.24) is 14.9 Å². The molecule has 0 spiro atoms. The SMILES string of the molecule is CCOCCCn1c(SCC(=O)NC2CC2)nc2cc(Cl)ccc2c1=O. The van der Waals surface area contributed by atoms with Crippen LogP contribution in [0.25, 0.3) is 10.9 Å². The topological polar surface area (TPSA) is 73.2 Å². The minimum Gasteiger partial charge on any atom is -0.382 e. The van der Waals surface area contributed by atoms with Crippen LogP contribution in [0.15, 0.2) is 28.2 Å². The third kappa shape index (κ3) is 4.99. The Morgan fingerprint density at radius 2 is 2.27 bits per heavy atom. The fourth-order valence-electron chi connectivity index (χ4n) is 2.58.